The molecule has 102 valence electrons. The molecule has 0 aliphatic rings. The molecule has 0 aliphatic carbocycles. The van der Waals surface area contributed by atoms with Crippen molar-refractivity contribution in [1.82, 2.24) is 9.78 Å². The summed E-state index contributed by atoms with van der Waals surface area (Å²) >= 11 is 0. The van der Waals surface area contributed by atoms with Gasteiger partial charge in [0.05, 0.1) is 11.7 Å². The first-order valence-corrected chi connectivity index (χ1v) is 6.90. The Kier molecular flexibility index (Phi) is 4.05. The van der Waals surface area contributed by atoms with Gasteiger partial charge < -0.3 is 5.73 Å². The van der Waals surface area contributed by atoms with Crippen molar-refractivity contribution in [2.45, 2.75) is 45.2 Å². The van der Waals surface area contributed by atoms with E-state index in [9.17, 15) is 0 Å². The topological polar surface area (TPSA) is 43.8 Å². The second-order valence-corrected chi connectivity index (χ2v) is 5.54. The van der Waals surface area contributed by atoms with E-state index in [1.807, 2.05) is 23.0 Å². The summed E-state index contributed by atoms with van der Waals surface area (Å²) in [4.78, 5) is 0. The van der Waals surface area contributed by atoms with Crippen LogP contribution in [-0.2, 0) is 12.0 Å². The summed E-state index contributed by atoms with van der Waals surface area (Å²) in [7, 11) is 0. The van der Waals surface area contributed by atoms with Crippen molar-refractivity contribution in [1.29, 1.82) is 0 Å². The average molecular weight is 257 g/mol. The molecule has 3 heteroatoms. The number of aromatic nitrogens is 2. The molecule has 0 saturated carbocycles. The lowest BCUT2D eigenvalue weighted by molar-refractivity contribution is 0.391. The Labute approximate surface area is 115 Å². The predicted molar refractivity (Wildman–Crippen MR) is 78.9 cm³/mol. The van der Waals surface area contributed by atoms with Gasteiger partial charge in [-0.3, -0.25) is 4.68 Å². The maximum Gasteiger partial charge on any atom is 0.0560 e. The molecule has 1 aromatic carbocycles. The standard InChI is InChI=1S/C16H23N3/c1-4-12-19-14(10-11-18-19)15(17)16(2,3)13-8-6-5-7-9-13/h5-11,15H,4,12,17H2,1-3H3. The minimum Gasteiger partial charge on any atom is -0.322 e. The van der Waals surface area contributed by atoms with Crippen molar-refractivity contribution in [3.8, 4) is 0 Å². The summed E-state index contributed by atoms with van der Waals surface area (Å²) in [5.41, 5.74) is 8.76. The fourth-order valence-corrected chi connectivity index (χ4v) is 2.42. The highest BCUT2D eigenvalue weighted by Gasteiger charge is 2.31. The number of benzene rings is 1. The molecule has 0 spiro atoms. The van der Waals surface area contributed by atoms with Gasteiger partial charge in [-0.25, -0.2) is 0 Å². The lowest BCUT2D eigenvalue weighted by Crippen LogP contribution is -2.34. The molecular weight excluding hydrogens is 234 g/mol. The van der Waals surface area contributed by atoms with Crippen molar-refractivity contribution in [2.75, 3.05) is 0 Å². The average Bonchev–Trinajstić information content (AvgIpc) is 2.87. The number of rotatable bonds is 5. The maximum absolute atomic E-state index is 6.52. The molecule has 1 unspecified atom stereocenters. The first-order valence-electron chi connectivity index (χ1n) is 6.90. The summed E-state index contributed by atoms with van der Waals surface area (Å²) in [5, 5.41) is 4.37. The van der Waals surface area contributed by atoms with E-state index in [0.29, 0.717) is 0 Å². The van der Waals surface area contributed by atoms with Crippen molar-refractivity contribution in [3.63, 3.8) is 0 Å². The monoisotopic (exact) mass is 257 g/mol. The predicted octanol–water partition coefficient (Wildman–Crippen LogP) is 3.27. The Bertz CT molecular complexity index is 514. The number of nitrogens with zero attached hydrogens (tertiary/aromatic N) is 2. The third kappa shape index (κ3) is 2.71. The molecule has 0 bridgehead atoms. The van der Waals surface area contributed by atoms with Gasteiger partial charge >= 0.3 is 0 Å². The Hall–Kier alpha value is -1.61. The molecule has 19 heavy (non-hydrogen) atoms. The zero-order valence-corrected chi connectivity index (χ0v) is 12.0. The number of hydrogen-bond acceptors (Lipinski definition) is 2. The van der Waals surface area contributed by atoms with E-state index < -0.39 is 0 Å². The first kappa shape index (κ1) is 13.8. The molecule has 0 saturated heterocycles. The largest absolute Gasteiger partial charge is 0.322 e. The second kappa shape index (κ2) is 5.57. The molecule has 1 aromatic heterocycles. The van der Waals surface area contributed by atoms with Crippen LogP contribution in [0.15, 0.2) is 42.6 Å². The molecule has 2 rings (SSSR count). The summed E-state index contributed by atoms with van der Waals surface area (Å²) in [6.07, 6.45) is 2.90. The molecule has 0 aliphatic heterocycles. The Morgan fingerprint density at radius 2 is 1.89 bits per heavy atom. The van der Waals surface area contributed by atoms with Crippen LogP contribution in [0.3, 0.4) is 0 Å². The maximum atomic E-state index is 6.52. The van der Waals surface area contributed by atoms with E-state index in [1.54, 1.807) is 0 Å². The van der Waals surface area contributed by atoms with Gasteiger partial charge in [0.1, 0.15) is 0 Å². The molecule has 0 fully saturated rings. The molecule has 0 amide bonds. The van der Waals surface area contributed by atoms with E-state index in [0.717, 1.165) is 18.7 Å². The summed E-state index contributed by atoms with van der Waals surface area (Å²) in [5.74, 6) is 0. The van der Waals surface area contributed by atoms with Gasteiger partial charge in [-0.05, 0) is 18.1 Å². The smallest absolute Gasteiger partial charge is 0.0560 e. The number of nitrogens with two attached hydrogens (primary N) is 1. The van der Waals surface area contributed by atoms with Crippen LogP contribution in [0, 0.1) is 0 Å². The molecule has 1 heterocycles. The molecule has 3 nitrogen and oxygen atoms in total. The van der Waals surface area contributed by atoms with Crippen LogP contribution in [0.5, 0.6) is 0 Å². The van der Waals surface area contributed by atoms with E-state index in [2.05, 4.69) is 50.1 Å². The van der Waals surface area contributed by atoms with Crippen molar-refractivity contribution < 1.29 is 0 Å². The Balaban J connectivity index is 2.32. The zero-order chi connectivity index (χ0) is 13.9. The van der Waals surface area contributed by atoms with Crippen LogP contribution >= 0.6 is 0 Å². The Morgan fingerprint density at radius 3 is 2.53 bits per heavy atom. The van der Waals surface area contributed by atoms with E-state index >= 15 is 0 Å². The highest BCUT2D eigenvalue weighted by atomic mass is 15.3. The fourth-order valence-electron chi connectivity index (χ4n) is 2.42. The van der Waals surface area contributed by atoms with E-state index in [-0.39, 0.29) is 11.5 Å². The fraction of sp³-hybridized carbons (Fsp3) is 0.438. The minimum atomic E-state index is -0.118. The molecular formula is C16H23N3. The van der Waals surface area contributed by atoms with Gasteiger partial charge in [-0.15, -0.1) is 0 Å². The van der Waals surface area contributed by atoms with Gasteiger partial charge in [0.2, 0.25) is 0 Å². The zero-order valence-electron chi connectivity index (χ0n) is 12.0. The van der Waals surface area contributed by atoms with Gasteiger partial charge in [0, 0.05) is 18.2 Å². The van der Waals surface area contributed by atoms with Gasteiger partial charge in [0.25, 0.3) is 0 Å². The van der Waals surface area contributed by atoms with Crippen LogP contribution in [0.2, 0.25) is 0 Å². The normalized spacial score (nSPS) is 13.5. The van der Waals surface area contributed by atoms with Crippen molar-refractivity contribution in [3.05, 3.63) is 53.9 Å². The third-order valence-electron chi connectivity index (χ3n) is 3.80. The molecule has 2 N–H and O–H groups in total. The number of hydrogen-bond donors (Lipinski definition) is 1. The summed E-state index contributed by atoms with van der Waals surface area (Å²) < 4.78 is 2.02. The molecule has 0 radical (unpaired) electrons. The lowest BCUT2D eigenvalue weighted by Gasteiger charge is -2.32. The van der Waals surface area contributed by atoms with Crippen LogP contribution in [-0.4, -0.2) is 9.78 Å². The van der Waals surface area contributed by atoms with E-state index in [1.165, 1.54) is 5.56 Å². The van der Waals surface area contributed by atoms with Crippen molar-refractivity contribution in [2.24, 2.45) is 5.73 Å². The quantitative estimate of drug-likeness (QED) is 0.893. The van der Waals surface area contributed by atoms with Crippen LogP contribution < -0.4 is 5.73 Å². The highest BCUT2D eigenvalue weighted by molar-refractivity contribution is 5.28. The van der Waals surface area contributed by atoms with Gasteiger partial charge in [0.15, 0.2) is 0 Å². The Morgan fingerprint density at radius 1 is 1.21 bits per heavy atom. The third-order valence-corrected chi connectivity index (χ3v) is 3.80. The van der Waals surface area contributed by atoms with Crippen molar-refractivity contribution >= 4 is 0 Å². The number of aryl methyl sites for hydroxylation is 1. The minimum absolute atomic E-state index is 0.0658. The molecule has 1 atom stereocenters. The van der Waals surface area contributed by atoms with Crippen LogP contribution in [0.25, 0.3) is 0 Å². The van der Waals surface area contributed by atoms with Crippen LogP contribution in [0.4, 0.5) is 0 Å². The second-order valence-electron chi connectivity index (χ2n) is 5.54. The SMILES string of the molecule is CCCn1nccc1C(N)C(C)(C)c1ccccc1. The summed E-state index contributed by atoms with van der Waals surface area (Å²) in [6.45, 7) is 7.45. The first-order chi connectivity index (χ1) is 9.07. The summed E-state index contributed by atoms with van der Waals surface area (Å²) in [6, 6.07) is 12.4. The lowest BCUT2D eigenvalue weighted by atomic mass is 9.77. The van der Waals surface area contributed by atoms with Gasteiger partial charge in [-0.1, -0.05) is 51.1 Å². The highest BCUT2D eigenvalue weighted by Crippen LogP contribution is 2.34. The molecule has 2 aromatic rings. The van der Waals surface area contributed by atoms with Gasteiger partial charge in [-0.2, -0.15) is 5.10 Å². The van der Waals surface area contributed by atoms with Crippen LogP contribution in [0.1, 0.15) is 44.5 Å². The van der Waals surface area contributed by atoms with E-state index in [4.69, 9.17) is 5.73 Å².